The monoisotopic (exact) mass is 167 g/mol. The van der Waals surface area contributed by atoms with E-state index in [2.05, 4.69) is 15.2 Å². The quantitative estimate of drug-likeness (QED) is 0.677. The molecule has 2 rings (SSSR count). The molecule has 12 heavy (non-hydrogen) atoms. The van der Waals surface area contributed by atoms with E-state index in [0.29, 0.717) is 0 Å². The Labute approximate surface area is 71.6 Å². The van der Waals surface area contributed by atoms with E-state index in [1.807, 2.05) is 0 Å². The summed E-state index contributed by atoms with van der Waals surface area (Å²) in [7, 11) is 0. The van der Waals surface area contributed by atoms with Gasteiger partial charge in [-0.1, -0.05) is 0 Å². The normalized spacial score (nSPS) is 19.7. The Bertz CT molecular complexity index is 216. The van der Waals surface area contributed by atoms with Crippen molar-refractivity contribution in [2.45, 2.75) is 6.54 Å². The standard InChI is InChI=1S/C8H13N3O/c1-4-11(5-2-9-1)7-8-10-3-6-12-8/h3,6,9H,1-2,4-5,7H2. The molecule has 4 heteroatoms. The van der Waals surface area contributed by atoms with E-state index in [9.17, 15) is 0 Å². The highest BCUT2D eigenvalue weighted by Gasteiger charge is 2.11. The van der Waals surface area contributed by atoms with Crippen LogP contribution in [-0.4, -0.2) is 36.1 Å². The summed E-state index contributed by atoms with van der Waals surface area (Å²) >= 11 is 0. The molecule has 0 atom stereocenters. The minimum atomic E-state index is 0.817. The Morgan fingerprint density at radius 3 is 3.00 bits per heavy atom. The Hall–Kier alpha value is -0.870. The van der Waals surface area contributed by atoms with Crippen molar-refractivity contribution in [2.24, 2.45) is 0 Å². The lowest BCUT2D eigenvalue weighted by molar-refractivity contribution is 0.212. The smallest absolute Gasteiger partial charge is 0.208 e. The summed E-state index contributed by atoms with van der Waals surface area (Å²) in [6, 6.07) is 0. The lowest BCUT2D eigenvalue weighted by Gasteiger charge is -2.25. The molecule has 2 heterocycles. The van der Waals surface area contributed by atoms with Gasteiger partial charge in [-0.15, -0.1) is 0 Å². The Balaban J connectivity index is 1.86. The second-order valence-electron chi connectivity index (χ2n) is 2.95. The highest BCUT2D eigenvalue weighted by Crippen LogP contribution is 2.01. The summed E-state index contributed by atoms with van der Waals surface area (Å²) < 4.78 is 5.16. The van der Waals surface area contributed by atoms with Gasteiger partial charge in [0, 0.05) is 26.2 Å². The van der Waals surface area contributed by atoms with Gasteiger partial charge in [-0.3, -0.25) is 4.90 Å². The molecule has 0 aliphatic carbocycles. The molecular weight excluding hydrogens is 154 g/mol. The number of aromatic nitrogens is 1. The average Bonchev–Trinajstić information content (AvgIpc) is 2.59. The van der Waals surface area contributed by atoms with Crippen molar-refractivity contribution in [1.82, 2.24) is 15.2 Å². The van der Waals surface area contributed by atoms with Crippen molar-refractivity contribution in [3.63, 3.8) is 0 Å². The molecule has 0 bridgehead atoms. The summed E-state index contributed by atoms with van der Waals surface area (Å²) in [5, 5.41) is 3.30. The van der Waals surface area contributed by atoms with Crippen LogP contribution >= 0.6 is 0 Å². The van der Waals surface area contributed by atoms with Crippen LogP contribution < -0.4 is 5.32 Å². The van der Waals surface area contributed by atoms with E-state index in [4.69, 9.17) is 4.42 Å². The van der Waals surface area contributed by atoms with Crippen molar-refractivity contribution in [1.29, 1.82) is 0 Å². The molecule has 4 nitrogen and oxygen atoms in total. The average molecular weight is 167 g/mol. The van der Waals surface area contributed by atoms with Crippen LogP contribution in [0.2, 0.25) is 0 Å². The van der Waals surface area contributed by atoms with Crippen LogP contribution in [0.3, 0.4) is 0 Å². The summed E-state index contributed by atoms with van der Waals surface area (Å²) in [4.78, 5) is 6.42. The third-order valence-electron chi connectivity index (χ3n) is 2.05. The molecule has 1 aromatic heterocycles. The first kappa shape index (κ1) is 7.76. The van der Waals surface area contributed by atoms with Gasteiger partial charge in [0.15, 0.2) is 0 Å². The second kappa shape index (κ2) is 3.69. The molecule has 1 N–H and O–H groups in total. The predicted octanol–water partition coefficient (Wildman–Crippen LogP) is 0.0798. The van der Waals surface area contributed by atoms with Crippen LogP contribution in [-0.2, 0) is 6.54 Å². The summed E-state index contributed by atoms with van der Waals surface area (Å²) in [6.45, 7) is 5.15. The molecule has 66 valence electrons. The molecule has 0 spiro atoms. The number of nitrogens with one attached hydrogen (secondary N) is 1. The molecule has 0 radical (unpaired) electrons. The highest BCUT2D eigenvalue weighted by molar-refractivity contribution is 4.81. The van der Waals surface area contributed by atoms with Gasteiger partial charge in [-0.2, -0.15) is 0 Å². The highest BCUT2D eigenvalue weighted by atomic mass is 16.3. The maximum absolute atomic E-state index is 5.16. The molecule has 0 aromatic carbocycles. The fraction of sp³-hybridized carbons (Fsp3) is 0.625. The zero-order valence-corrected chi connectivity index (χ0v) is 6.99. The molecular formula is C8H13N3O. The predicted molar refractivity (Wildman–Crippen MR) is 44.6 cm³/mol. The third-order valence-corrected chi connectivity index (χ3v) is 2.05. The van der Waals surface area contributed by atoms with E-state index in [1.165, 1.54) is 0 Å². The first-order chi connectivity index (χ1) is 5.95. The molecule has 0 saturated carbocycles. The Morgan fingerprint density at radius 2 is 2.33 bits per heavy atom. The maximum atomic E-state index is 5.16. The Kier molecular flexibility index (Phi) is 2.39. The van der Waals surface area contributed by atoms with Crippen LogP contribution in [0.5, 0.6) is 0 Å². The van der Waals surface area contributed by atoms with Crippen molar-refractivity contribution in [3.8, 4) is 0 Å². The van der Waals surface area contributed by atoms with Crippen molar-refractivity contribution in [3.05, 3.63) is 18.4 Å². The number of hydrogen-bond donors (Lipinski definition) is 1. The van der Waals surface area contributed by atoms with Crippen LogP contribution in [0.1, 0.15) is 5.89 Å². The minimum absolute atomic E-state index is 0.817. The zero-order chi connectivity index (χ0) is 8.23. The van der Waals surface area contributed by atoms with E-state index >= 15 is 0 Å². The van der Waals surface area contributed by atoms with Crippen LogP contribution in [0.25, 0.3) is 0 Å². The van der Waals surface area contributed by atoms with Gasteiger partial charge in [0.25, 0.3) is 0 Å². The van der Waals surface area contributed by atoms with E-state index in [0.717, 1.165) is 38.6 Å². The minimum Gasteiger partial charge on any atom is -0.448 e. The van der Waals surface area contributed by atoms with E-state index < -0.39 is 0 Å². The van der Waals surface area contributed by atoms with Crippen LogP contribution in [0.15, 0.2) is 16.9 Å². The van der Waals surface area contributed by atoms with Crippen molar-refractivity contribution >= 4 is 0 Å². The molecule has 1 aliphatic heterocycles. The van der Waals surface area contributed by atoms with Gasteiger partial charge in [0.1, 0.15) is 6.26 Å². The van der Waals surface area contributed by atoms with Gasteiger partial charge < -0.3 is 9.73 Å². The molecule has 1 aromatic rings. The number of nitrogens with zero attached hydrogens (tertiary/aromatic N) is 2. The number of piperazine rings is 1. The van der Waals surface area contributed by atoms with E-state index in [-0.39, 0.29) is 0 Å². The number of hydrogen-bond acceptors (Lipinski definition) is 4. The van der Waals surface area contributed by atoms with Gasteiger partial charge in [0.05, 0.1) is 12.7 Å². The summed E-state index contributed by atoms with van der Waals surface area (Å²) in [6.07, 6.45) is 3.31. The molecule has 1 saturated heterocycles. The second-order valence-corrected chi connectivity index (χ2v) is 2.95. The zero-order valence-electron chi connectivity index (χ0n) is 6.99. The van der Waals surface area contributed by atoms with Gasteiger partial charge >= 0.3 is 0 Å². The first-order valence-corrected chi connectivity index (χ1v) is 4.26. The SMILES string of the molecule is c1coc(CN2CCNCC2)n1. The van der Waals surface area contributed by atoms with Gasteiger partial charge in [-0.05, 0) is 0 Å². The molecule has 1 fully saturated rings. The lowest BCUT2D eigenvalue weighted by atomic mass is 10.3. The fourth-order valence-electron chi connectivity index (χ4n) is 1.39. The topological polar surface area (TPSA) is 41.3 Å². The Morgan fingerprint density at radius 1 is 1.50 bits per heavy atom. The van der Waals surface area contributed by atoms with Crippen LogP contribution in [0.4, 0.5) is 0 Å². The van der Waals surface area contributed by atoms with Gasteiger partial charge in [0.2, 0.25) is 5.89 Å². The molecule has 0 amide bonds. The summed E-state index contributed by atoms with van der Waals surface area (Å²) in [5.41, 5.74) is 0. The molecule has 1 aliphatic rings. The van der Waals surface area contributed by atoms with Crippen molar-refractivity contribution in [2.75, 3.05) is 26.2 Å². The van der Waals surface area contributed by atoms with Gasteiger partial charge in [-0.25, -0.2) is 4.98 Å². The largest absolute Gasteiger partial charge is 0.448 e. The summed E-state index contributed by atoms with van der Waals surface area (Å²) in [5.74, 6) is 0.817. The van der Waals surface area contributed by atoms with Crippen LogP contribution in [0, 0.1) is 0 Å². The maximum Gasteiger partial charge on any atom is 0.208 e. The number of rotatable bonds is 2. The number of oxazole rings is 1. The molecule has 0 unspecified atom stereocenters. The third kappa shape index (κ3) is 1.84. The van der Waals surface area contributed by atoms with Crippen molar-refractivity contribution < 1.29 is 4.42 Å². The van der Waals surface area contributed by atoms with E-state index in [1.54, 1.807) is 12.5 Å². The lowest BCUT2D eigenvalue weighted by Crippen LogP contribution is -2.42. The fourth-order valence-corrected chi connectivity index (χ4v) is 1.39. The first-order valence-electron chi connectivity index (χ1n) is 4.26.